The molecule has 0 aliphatic rings. The van der Waals surface area contributed by atoms with Crippen LogP contribution in [0.15, 0.2) is 176 Å². The van der Waals surface area contributed by atoms with E-state index in [1.807, 2.05) is 36.4 Å². The molecule has 0 aliphatic carbocycles. The van der Waals surface area contributed by atoms with Crippen molar-refractivity contribution in [2.75, 3.05) is 0 Å². The second kappa shape index (κ2) is 11.8. The monoisotopic (exact) mass is 699 g/mol. The number of hydrogen-bond donors (Lipinski definition) is 0. The number of para-hydroxylation sites is 4. The van der Waals surface area contributed by atoms with Gasteiger partial charge in [-0.15, -0.1) is 0 Å². The molecule has 0 atom stereocenters. The van der Waals surface area contributed by atoms with Gasteiger partial charge in [0.05, 0.1) is 40.7 Å². The first-order chi connectivity index (χ1) is 27.2. The van der Waals surface area contributed by atoms with Crippen molar-refractivity contribution < 1.29 is 0 Å². The third-order valence-electron chi connectivity index (χ3n) is 11.0. The molecule has 0 spiro atoms. The Morgan fingerprint density at radius 3 is 1.49 bits per heavy atom. The van der Waals surface area contributed by atoms with Crippen molar-refractivity contribution in [2.45, 2.75) is 0 Å². The molecule has 8 aromatic carbocycles. The van der Waals surface area contributed by atoms with E-state index in [2.05, 4.69) is 163 Å². The third-order valence-corrected chi connectivity index (χ3v) is 11.0. The summed E-state index contributed by atoms with van der Waals surface area (Å²) in [6.07, 6.45) is 0. The Morgan fingerprint density at radius 2 is 0.836 bits per heavy atom. The van der Waals surface area contributed by atoms with E-state index < -0.39 is 0 Å². The molecule has 3 heterocycles. The van der Waals surface area contributed by atoms with Gasteiger partial charge in [0.15, 0.2) is 11.4 Å². The molecule has 0 bridgehead atoms. The SMILES string of the molecule is [C-]#[N+]c1cc(-c2cccc(-n3c4ccccc4c4cc(-n5c6ccccc6c6ccccc65)ccc43)c2)cc(-n2c3ccccc3c3c([N+]#[C-])cccc32)c1. The molecule has 254 valence electrons. The molecular weight excluding hydrogens is 671 g/mol. The summed E-state index contributed by atoms with van der Waals surface area (Å²) in [6.45, 7) is 16.0. The van der Waals surface area contributed by atoms with E-state index in [1.165, 1.54) is 32.6 Å². The minimum absolute atomic E-state index is 0.555. The third kappa shape index (κ3) is 4.51. The number of benzene rings is 8. The van der Waals surface area contributed by atoms with E-state index in [0.717, 1.165) is 61.0 Å². The minimum atomic E-state index is 0.555. The molecule has 0 fully saturated rings. The van der Waals surface area contributed by atoms with Crippen molar-refractivity contribution in [1.29, 1.82) is 0 Å². The summed E-state index contributed by atoms with van der Waals surface area (Å²) in [7, 11) is 0. The van der Waals surface area contributed by atoms with Crippen LogP contribution in [0.25, 0.3) is 103 Å². The van der Waals surface area contributed by atoms with Gasteiger partial charge in [-0.05, 0) is 95.4 Å². The van der Waals surface area contributed by atoms with Crippen molar-refractivity contribution in [2.24, 2.45) is 0 Å². The molecule has 0 aliphatic heterocycles. The van der Waals surface area contributed by atoms with Crippen molar-refractivity contribution in [1.82, 2.24) is 13.7 Å². The maximum absolute atomic E-state index is 8.08. The van der Waals surface area contributed by atoms with E-state index in [9.17, 15) is 0 Å². The Kier molecular flexibility index (Phi) is 6.61. The topological polar surface area (TPSA) is 23.5 Å². The fourth-order valence-electron chi connectivity index (χ4n) is 8.73. The summed E-state index contributed by atoms with van der Waals surface area (Å²) in [6, 6.07) is 61.4. The fraction of sp³-hybridized carbons (Fsp3) is 0. The first kappa shape index (κ1) is 30.7. The lowest BCUT2D eigenvalue weighted by Gasteiger charge is -2.14. The summed E-state index contributed by atoms with van der Waals surface area (Å²) in [5.41, 5.74) is 12.8. The molecule has 3 aromatic heterocycles. The number of hydrogen-bond acceptors (Lipinski definition) is 0. The molecule has 55 heavy (non-hydrogen) atoms. The second-order valence-electron chi connectivity index (χ2n) is 14.0. The van der Waals surface area contributed by atoms with Gasteiger partial charge in [0.2, 0.25) is 0 Å². The molecule has 0 amide bonds. The highest BCUT2D eigenvalue weighted by Gasteiger charge is 2.19. The van der Waals surface area contributed by atoms with Crippen molar-refractivity contribution in [3.05, 3.63) is 199 Å². The zero-order valence-electron chi connectivity index (χ0n) is 29.5. The van der Waals surface area contributed by atoms with Gasteiger partial charge < -0.3 is 13.7 Å². The van der Waals surface area contributed by atoms with E-state index >= 15 is 0 Å². The molecule has 0 N–H and O–H groups in total. The molecule has 0 radical (unpaired) electrons. The first-order valence-electron chi connectivity index (χ1n) is 18.3. The van der Waals surface area contributed by atoms with Crippen LogP contribution in [0.2, 0.25) is 0 Å². The van der Waals surface area contributed by atoms with Gasteiger partial charge in [-0.2, -0.15) is 0 Å². The summed E-state index contributed by atoms with van der Waals surface area (Å²) >= 11 is 0. The molecule has 5 heteroatoms. The summed E-state index contributed by atoms with van der Waals surface area (Å²) in [5.74, 6) is 0. The van der Waals surface area contributed by atoms with Crippen LogP contribution in [0.4, 0.5) is 11.4 Å². The maximum Gasteiger partial charge on any atom is 0.197 e. The van der Waals surface area contributed by atoms with Crippen LogP contribution in [-0.4, -0.2) is 13.7 Å². The normalized spacial score (nSPS) is 11.6. The van der Waals surface area contributed by atoms with Gasteiger partial charge in [-0.3, -0.25) is 0 Å². The molecule has 5 nitrogen and oxygen atoms in total. The second-order valence-corrected chi connectivity index (χ2v) is 14.0. The van der Waals surface area contributed by atoms with E-state index in [-0.39, 0.29) is 0 Å². The minimum Gasteiger partial charge on any atom is -0.312 e. The molecule has 11 aromatic rings. The van der Waals surface area contributed by atoms with Gasteiger partial charge in [0.1, 0.15) is 0 Å². The van der Waals surface area contributed by atoms with Crippen LogP contribution >= 0.6 is 0 Å². The van der Waals surface area contributed by atoms with Crippen LogP contribution in [0.3, 0.4) is 0 Å². The average molecular weight is 700 g/mol. The van der Waals surface area contributed by atoms with Gasteiger partial charge in [-0.1, -0.05) is 97.1 Å². The number of aromatic nitrogens is 3. The van der Waals surface area contributed by atoms with Crippen LogP contribution in [0.1, 0.15) is 0 Å². The molecule has 11 rings (SSSR count). The average Bonchev–Trinajstić information content (AvgIpc) is 3.89. The Bertz CT molecular complexity index is 3420. The lowest BCUT2D eigenvalue weighted by molar-refractivity contribution is 1.16. The quantitative estimate of drug-likeness (QED) is 0.163. The van der Waals surface area contributed by atoms with Crippen LogP contribution in [0, 0.1) is 13.1 Å². The molecule has 0 saturated heterocycles. The van der Waals surface area contributed by atoms with Gasteiger partial charge in [0, 0.05) is 49.5 Å². The summed E-state index contributed by atoms with van der Waals surface area (Å²) in [5, 5.41) is 6.81. The first-order valence-corrected chi connectivity index (χ1v) is 18.3. The van der Waals surface area contributed by atoms with E-state index in [1.54, 1.807) is 0 Å². The Labute approximate surface area is 316 Å². The van der Waals surface area contributed by atoms with Crippen LogP contribution < -0.4 is 0 Å². The standard InChI is InChI=1S/C50H29N5/c1-51-34-27-33(29-37(30-34)55-47-23-10-6-18-41(47)50-43(52-2)19-12-24-49(50)55)32-13-11-14-35(28-32)53-46-22-9-5-17-40(46)42-31-36(25-26-48(42)53)54-44-20-7-3-15-38(44)39-16-4-8-21-45(39)54/h3-31H. The Hall–Kier alpha value is -7.86. The van der Waals surface area contributed by atoms with Gasteiger partial charge >= 0.3 is 0 Å². The highest BCUT2D eigenvalue weighted by atomic mass is 15.0. The number of rotatable bonds is 4. The van der Waals surface area contributed by atoms with Crippen LogP contribution in [-0.2, 0) is 0 Å². The summed E-state index contributed by atoms with van der Waals surface area (Å²) < 4.78 is 6.91. The van der Waals surface area contributed by atoms with E-state index in [0.29, 0.717) is 11.4 Å². The Morgan fingerprint density at radius 1 is 0.327 bits per heavy atom. The zero-order chi connectivity index (χ0) is 36.6. The highest BCUT2D eigenvalue weighted by molar-refractivity contribution is 6.15. The molecule has 0 saturated carbocycles. The lowest BCUT2D eigenvalue weighted by Crippen LogP contribution is -1.97. The summed E-state index contributed by atoms with van der Waals surface area (Å²) in [4.78, 5) is 7.78. The zero-order valence-corrected chi connectivity index (χ0v) is 29.5. The fourth-order valence-corrected chi connectivity index (χ4v) is 8.73. The Balaban J connectivity index is 1.09. The van der Waals surface area contributed by atoms with Gasteiger partial charge in [0.25, 0.3) is 0 Å². The maximum atomic E-state index is 8.08. The predicted octanol–water partition coefficient (Wildman–Crippen LogP) is 13.7. The number of fused-ring (bicyclic) bond motifs is 9. The van der Waals surface area contributed by atoms with Gasteiger partial charge in [-0.25, -0.2) is 9.69 Å². The predicted molar refractivity (Wildman–Crippen MR) is 227 cm³/mol. The smallest absolute Gasteiger partial charge is 0.197 e. The van der Waals surface area contributed by atoms with Crippen molar-refractivity contribution in [3.8, 4) is 28.2 Å². The van der Waals surface area contributed by atoms with Crippen LogP contribution in [0.5, 0.6) is 0 Å². The highest BCUT2D eigenvalue weighted by Crippen LogP contribution is 2.41. The van der Waals surface area contributed by atoms with Crippen molar-refractivity contribution in [3.63, 3.8) is 0 Å². The van der Waals surface area contributed by atoms with Crippen molar-refractivity contribution >= 4 is 76.8 Å². The number of nitrogens with zero attached hydrogens (tertiary/aromatic N) is 5. The van der Waals surface area contributed by atoms with E-state index in [4.69, 9.17) is 13.1 Å². The lowest BCUT2D eigenvalue weighted by atomic mass is 10.0. The largest absolute Gasteiger partial charge is 0.312 e. The molecular formula is C50H29N5. The molecule has 0 unspecified atom stereocenters.